The largest absolute Gasteiger partial charge is 0.348 e. The van der Waals surface area contributed by atoms with Crippen molar-refractivity contribution < 1.29 is 8.78 Å². The smallest absolute Gasteiger partial charge is 0.126 e. The van der Waals surface area contributed by atoms with Gasteiger partial charge in [-0.2, -0.15) is 0 Å². The van der Waals surface area contributed by atoms with Gasteiger partial charge in [-0.05, 0) is 43.7 Å². The molecule has 2 heterocycles. The van der Waals surface area contributed by atoms with Crippen molar-refractivity contribution in [2.45, 2.75) is 25.4 Å². The molecule has 0 radical (unpaired) electrons. The number of aromatic amines is 1. The lowest BCUT2D eigenvalue weighted by Gasteiger charge is -2.24. The van der Waals surface area contributed by atoms with E-state index in [9.17, 15) is 8.78 Å². The Hall–Kier alpha value is -1.75. The lowest BCUT2D eigenvalue weighted by Crippen LogP contribution is -2.37. The molecule has 0 bridgehead atoms. The Balaban J connectivity index is 1.87. The molecule has 0 unspecified atom stereocenters. The first-order valence-electron chi connectivity index (χ1n) is 6.82. The second-order valence-corrected chi connectivity index (χ2v) is 5.25. The van der Waals surface area contributed by atoms with Crippen LogP contribution in [0.15, 0.2) is 24.4 Å². The summed E-state index contributed by atoms with van der Waals surface area (Å²) in [5, 5.41) is 3.03. The van der Waals surface area contributed by atoms with Crippen molar-refractivity contribution in [2.24, 2.45) is 0 Å². The number of halogens is 2. The number of rotatable bonds is 2. The van der Waals surface area contributed by atoms with Crippen molar-refractivity contribution in [1.29, 1.82) is 0 Å². The minimum absolute atomic E-state index is 0.188. The minimum atomic E-state index is -0.919. The number of H-pyrrole nitrogens is 1. The average Bonchev–Trinajstić information content (AvgIpc) is 2.92. The molecule has 0 saturated carbocycles. The van der Waals surface area contributed by atoms with Crippen LogP contribution in [-0.4, -0.2) is 29.2 Å². The van der Waals surface area contributed by atoms with E-state index >= 15 is 0 Å². The van der Waals surface area contributed by atoms with Crippen LogP contribution in [0.3, 0.4) is 0 Å². The fraction of sp³-hybridized carbons (Fsp3) is 0.400. The molecule has 2 N–H and O–H groups in total. The number of nitrogens with zero attached hydrogens (tertiary/aromatic N) is 1. The zero-order valence-electron chi connectivity index (χ0n) is 11.3. The molecule has 1 aromatic heterocycles. The highest BCUT2D eigenvalue weighted by Gasteiger charge is 2.28. The molecule has 2 aromatic rings. The normalized spacial score (nSPS) is 22.9. The first-order chi connectivity index (χ1) is 9.65. The maximum atomic E-state index is 13.9. The number of benzene rings is 1. The fourth-order valence-corrected chi connectivity index (χ4v) is 2.61. The summed E-state index contributed by atoms with van der Waals surface area (Å²) < 4.78 is 27.2. The standard InChI is InChI=1S/C15H17F2N3/c1-9-6-10(2-3-12(9)16)14-8-19-15(20-14)11-4-5-18-7-13(11)17/h2-3,6,8,11,13,18H,4-5,7H2,1H3,(H,19,20)/t11-,13+/m0/s1. The summed E-state index contributed by atoms with van der Waals surface area (Å²) in [6.45, 7) is 2.89. The quantitative estimate of drug-likeness (QED) is 0.886. The molecule has 0 amide bonds. The predicted molar refractivity (Wildman–Crippen MR) is 73.8 cm³/mol. The molecule has 106 valence electrons. The van der Waals surface area contributed by atoms with Crippen molar-refractivity contribution in [2.75, 3.05) is 13.1 Å². The van der Waals surface area contributed by atoms with Crippen LogP contribution < -0.4 is 5.32 Å². The summed E-state index contributed by atoms with van der Waals surface area (Å²) in [6, 6.07) is 4.88. The van der Waals surface area contributed by atoms with E-state index in [0.29, 0.717) is 17.9 Å². The van der Waals surface area contributed by atoms with Gasteiger partial charge in [0.05, 0.1) is 11.6 Å². The fourth-order valence-electron chi connectivity index (χ4n) is 2.61. The third-order valence-corrected chi connectivity index (χ3v) is 3.81. The van der Waals surface area contributed by atoms with Gasteiger partial charge in [0, 0.05) is 18.3 Å². The van der Waals surface area contributed by atoms with E-state index in [2.05, 4.69) is 15.3 Å². The Bertz CT molecular complexity index is 609. The molecule has 1 fully saturated rings. The number of alkyl halides is 1. The minimum Gasteiger partial charge on any atom is -0.348 e. The summed E-state index contributed by atoms with van der Waals surface area (Å²) in [4.78, 5) is 7.55. The van der Waals surface area contributed by atoms with E-state index in [-0.39, 0.29) is 11.7 Å². The predicted octanol–water partition coefficient (Wildman–Crippen LogP) is 2.94. The summed E-state index contributed by atoms with van der Waals surface area (Å²) >= 11 is 0. The third-order valence-electron chi connectivity index (χ3n) is 3.81. The van der Waals surface area contributed by atoms with Gasteiger partial charge < -0.3 is 10.3 Å². The van der Waals surface area contributed by atoms with Crippen LogP contribution >= 0.6 is 0 Å². The maximum absolute atomic E-state index is 13.9. The Morgan fingerprint density at radius 2 is 2.20 bits per heavy atom. The Kier molecular flexibility index (Phi) is 3.53. The molecule has 1 aromatic carbocycles. The number of hydrogen-bond donors (Lipinski definition) is 2. The Labute approximate surface area is 116 Å². The number of hydrogen-bond acceptors (Lipinski definition) is 2. The van der Waals surface area contributed by atoms with E-state index in [4.69, 9.17) is 0 Å². The second kappa shape index (κ2) is 5.32. The Morgan fingerprint density at radius 1 is 1.35 bits per heavy atom. The molecular weight excluding hydrogens is 260 g/mol. The first kappa shape index (κ1) is 13.2. The topological polar surface area (TPSA) is 40.7 Å². The van der Waals surface area contributed by atoms with E-state index in [1.807, 2.05) is 0 Å². The molecular formula is C15H17F2N3. The van der Waals surface area contributed by atoms with Gasteiger partial charge in [0.1, 0.15) is 17.8 Å². The number of imidazole rings is 1. The van der Waals surface area contributed by atoms with Crippen LogP contribution in [0.2, 0.25) is 0 Å². The van der Waals surface area contributed by atoms with Crippen LogP contribution in [0.25, 0.3) is 11.3 Å². The third kappa shape index (κ3) is 2.45. The molecule has 0 spiro atoms. The molecule has 3 rings (SSSR count). The van der Waals surface area contributed by atoms with Crippen molar-refractivity contribution >= 4 is 0 Å². The van der Waals surface area contributed by atoms with E-state index in [0.717, 1.165) is 24.2 Å². The number of piperidine rings is 1. The molecule has 0 aliphatic carbocycles. The van der Waals surface area contributed by atoms with Gasteiger partial charge in [-0.1, -0.05) is 0 Å². The molecule has 5 heteroatoms. The van der Waals surface area contributed by atoms with Gasteiger partial charge in [-0.15, -0.1) is 0 Å². The highest BCUT2D eigenvalue weighted by Crippen LogP contribution is 2.28. The molecule has 2 atom stereocenters. The molecule has 1 saturated heterocycles. The molecule has 1 aliphatic rings. The number of aryl methyl sites for hydroxylation is 1. The second-order valence-electron chi connectivity index (χ2n) is 5.25. The van der Waals surface area contributed by atoms with Crippen molar-refractivity contribution in [3.05, 3.63) is 41.6 Å². The zero-order valence-corrected chi connectivity index (χ0v) is 11.3. The van der Waals surface area contributed by atoms with Gasteiger partial charge in [0.25, 0.3) is 0 Å². The van der Waals surface area contributed by atoms with Gasteiger partial charge >= 0.3 is 0 Å². The maximum Gasteiger partial charge on any atom is 0.126 e. The highest BCUT2D eigenvalue weighted by atomic mass is 19.1. The summed E-state index contributed by atoms with van der Waals surface area (Å²) in [5.74, 6) is 0.259. The summed E-state index contributed by atoms with van der Waals surface area (Å²) in [6.07, 6.45) is 1.57. The average molecular weight is 277 g/mol. The van der Waals surface area contributed by atoms with Gasteiger partial charge in [0.15, 0.2) is 0 Å². The number of aromatic nitrogens is 2. The molecule has 20 heavy (non-hydrogen) atoms. The van der Waals surface area contributed by atoms with Crippen LogP contribution in [-0.2, 0) is 0 Å². The summed E-state index contributed by atoms with van der Waals surface area (Å²) in [7, 11) is 0. The summed E-state index contributed by atoms with van der Waals surface area (Å²) in [5.41, 5.74) is 2.15. The van der Waals surface area contributed by atoms with Crippen LogP contribution in [0, 0.1) is 12.7 Å². The molecule has 1 aliphatic heterocycles. The van der Waals surface area contributed by atoms with E-state index in [1.165, 1.54) is 6.07 Å². The van der Waals surface area contributed by atoms with E-state index < -0.39 is 6.17 Å². The number of nitrogens with one attached hydrogen (secondary N) is 2. The van der Waals surface area contributed by atoms with Crippen molar-refractivity contribution in [3.8, 4) is 11.3 Å². The highest BCUT2D eigenvalue weighted by molar-refractivity contribution is 5.59. The van der Waals surface area contributed by atoms with Gasteiger partial charge in [0.2, 0.25) is 0 Å². The zero-order chi connectivity index (χ0) is 14.1. The lowest BCUT2D eigenvalue weighted by atomic mass is 9.95. The van der Waals surface area contributed by atoms with Crippen molar-refractivity contribution in [1.82, 2.24) is 15.3 Å². The lowest BCUT2D eigenvalue weighted by molar-refractivity contribution is 0.226. The Morgan fingerprint density at radius 3 is 2.95 bits per heavy atom. The molecule has 3 nitrogen and oxygen atoms in total. The van der Waals surface area contributed by atoms with Crippen LogP contribution in [0.4, 0.5) is 8.78 Å². The van der Waals surface area contributed by atoms with Gasteiger partial charge in [-0.3, -0.25) is 0 Å². The van der Waals surface area contributed by atoms with E-state index in [1.54, 1.807) is 25.3 Å². The van der Waals surface area contributed by atoms with Crippen LogP contribution in [0.1, 0.15) is 23.7 Å². The monoisotopic (exact) mass is 277 g/mol. The SMILES string of the molecule is Cc1cc(-c2c[nH]c([C@H]3CCNC[C@H]3F)n2)ccc1F. The van der Waals surface area contributed by atoms with Crippen LogP contribution in [0.5, 0.6) is 0 Å². The van der Waals surface area contributed by atoms with Crippen molar-refractivity contribution in [3.63, 3.8) is 0 Å². The first-order valence-corrected chi connectivity index (χ1v) is 6.82. The van der Waals surface area contributed by atoms with Gasteiger partial charge in [-0.25, -0.2) is 13.8 Å².